The fourth-order valence-corrected chi connectivity index (χ4v) is 2.38. The average molecular weight is 253 g/mol. The minimum Gasteiger partial charge on any atom is -0.364 e. The zero-order valence-corrected chi connectivity index (χ0v) is 10.1. The number of aryl methyl sites for hydroxylation is 1. The lowest BCUT2D eigenvalue weighted by Crippen LogP contribution is -2.10. The Kier molecular flexibility index (Phi) is 2.94. The number of carbonyl (C=O) groups is 1. The normalized spacial score (nSPS) is 10.4. The Hall–Kier alpha value is -1.39. The number of nitrogens with two attached hydrogens (primary N) is 1. The maximum absolute atomic E-state index is 11.0. The first-order valence-electron chi connectivity index (χ1n) is 4.61. The van der Waals surface area contributed by atoms with Crippen LogP contribution in [0.15, 0.2) is 24.3 Å². The molecule has 0 saturated carbocycles. The van der Waals surface area contributed by atoms with Crippen LogP contribution < -0.4 is 5.73 Å². The van der Waals surface area contributed by atoms with Crippen molar-refractivity contribution in [3.05, 3.63) is 39.2 Å². The van der Waals surface area contributed by atoms with Crippen LogP contribution in [0.1, 0.15) is 14.7 Å². The second kappa shape index (κ2) is 4.23. The number of hydrogen-bond donors (Lipinski definition) is 1. The van der Waals surface area contributed by atoms with Crippen LogP contribution in [-0.2, 0) is 0 Å². The molecule has 0 fully saturated rings. The number of primary amides is 1. The van der Waals surface area contributed by atoms with Gasteiger partial charge >= 0.3 is 0 Å². The van der Waals surface area contributed by atoms with E-state index in [1.807, 2.05) is 25.1 Å². The SMILES string of the molecule is Cc1sc(C(N)=O)nc1-c1cccc(Cl)c1. The van der Waals surface area contributed by atoms with Gasteiger partial charge in [0.15, 0.2) is 5.01 Å². The van der Waals surface area contributed by atoms with E-state index >= 15 is 0 Å². The summed E-state index contributed by atoms with van der Waals surface area (Å²) in [6, 6.07) is 7.36. The summed E-state index contributed by atoms with van der Waals surface area (Å²) in [5, 5.41) is 0.970. The summed E-state index contributed by atoms with van der Waals surface area (Å²) in [5.41, 5.74) is 6.85. The van der Waals surface area contributed by atoms with E-state index in [1.165, 1.54) is 11.3 Å². The highest BCUT2D eigenvalue weighted by Crippen LogP contribution is 2.28. The molecule has 0 aliphatic heterocycles. The fourth-order valence-electron chi connectivity index (χ4n) is 1.41. The summed E-state index contributed by atoms with van der Waals surface area (Å²) in [6.07, 6.45) is 0. The molecule has 5 heteroatoms. The third-order valence-electron chi connectivity index (χ3n) is 2.11. The van der Waals surface area contributed by atoms with E-state index < -0.39 is 5.91 Å². The van der Waals surface area contributed by atoms with Gasteiger partial charge in [0.25, 0.3) is 5.91 Å². The molecule has 1 aromatic carbocycles. The van der Waals surface area contributed by atoms with Gasteiger partial charge in [-0.2, -0.15) is 0 Å². The predicted molar refractivity (Wildman–Crippen MR) is 65.8 cm³/mol. The van der Waals surface area contributed by atoms with Crippen LogP contribution in [0.2, 0.25) is 5.02 Å². The topological polar surface area (TPSA) is 56.0 Å². The summed E-state index contributed by atoms with van der Waals surface area (Å²) in [7, 11) is 0. The van der Waals surface area contributed by atoms with Gasteiger partial charge in [-0.1, -0.05) is 23.7 Å². The van der Waals surface area contributed by atoms with Crippen LogP contribution in [-0.4, -0.2) is 10.9 Å². The van der Waals surface area contributed by atoms with Gasteiger partial charge in [0.05, 0.1) is 5.69 Å². The van der Waals surface area contributed by atoms with E-state index in [2.05, 4.69) is 4.98 Å². The van der Waals surface area contributed by atoms with Crippen molar-refractivity contribution in [2.24, 2.45) is 5.73 Å². The van der Waals surface area contributed by atoms with Crippen molar-refractivity contribution in [1.82, 2.24) is 4.98 Å². The summed E-state index contributed by atoms with van der Waals surface area (Å²) < 4.78 is 0. The highest BCUT2D eigenvalue weighted by atomic mass is 35.5. The number of carbonyl (C=O) groups excluding carboxylic acids is 1. The number of thiazole rings is 1. The molecule has 0 unspecified atom stereocenters. The molecule has 1 heterocycles. The largest absolute Gasteiger partial charge is 0.364 e. The van der Waals surface area contributed by atoms with E-state index in [0.29, 0.717) is 10.0 Å². The number of hydrogen-bond acceptors (Lipinski definition) is 3. The summed E-state index contributed by atoms with van der Waals surface area (Å²) >= 11 is 7.19. The van der Waals surface area contributed by atoms with E-state index in [4.69, 9.17) is 17.3 Å². The number of halogens is 1. The number of amides is 1. The fraction of sp³-hybridized carbons (Fsp3) is 0.0909. The molecule has 0 saturated heterocycles. The Labute approximate surface area is 102 Å². The van der Waals surface area contributed by atoms with Crippen LogP contribution in [0, 0.1) is 6.92 Å². The highest BCUT2D eigenvalue weighted by Gasteiger charge is 2.13. The molecule has 16 heavy (non-hydrogen) atoms. The quantitative estimate of drug-likeness (QED) is 0.894. The Morgan fingerprint density at radius 1 is 1.50 bits per heavy atom. The highest BCUT2D eigenvalue weighted by molar-refractivity contribution is 7.14. The van der Waals surface area contributed by atoms with Gasteiger partial charge in [-0.3, -0.25) is 4.79 Å². The summed E-state index contributed by atoms with van der Waals surface area (Å²) in [6.45, 7) is 1.90. The lowest BCUT2D eigenvalue weighted by molar-refractivity contribution is 0.1000. The van der Waals surface area contributed by atoms with Gasteiger partial charge in [-0.15, -0.1) is 11.3 Å². The number of aromatic nitrogens is 1. The molecule has 1 aromatic heterocycles. The first-order chi connectivity index (χ1) is 7.58. The molecule has 2 aromatic rings. The molecule has 0 aliphatic carbocycles. The van der Waals surface area contributed by atoms with Crippen LogP contribution in [0.4, 0.5) is 0 Å². The molecule has 0 bridgehead atoms. The van der Waals surface area contributed by atoms with Crippen molar-refractivity contribution >= 4 is 28.8 Å². The van der Waals surface area contributed by atoms with Gasteiger partial charge in [0.1, 0.15) is 0 Å². The first-order valence-corrected chi connectivity index (χ1v) is 5.80. The van der Waals surface area contributed by atoms with Gasteiger partial charge in [-0.05, 0) is 19.1 Å². The molecule has 0 radical (unpaired) electrons. The van der Waals surface area contributed by atoms with E-state index in [1.54, 1.807) is 6.07 Å². The van der Waals surface area contributed by atoms with Gasteiger partial charge in [-0.25, -0.2) is 4.98 Å². The first kappa shape index (κ1) is 11.1. The monoisotopic (exact) mass is 252 g/mol. The maximum Gasteiger partial charge on any atom is 0.277 e. The molecule has 0 aliphatic rings. The van der Waals surface area contributed by atoms with Crippen molar-refractivity contribution < 1.29 is 4.79 Å². The van der Waals surface area contributed by atoms with Crippen molar-refractivity contribution in [3.63, 3.8) is 0 Å². The van der Waals surface area contributed by atoms with E-state index in [0.717, 1.165) is 16.1 Å². The second-order valence-corrected chi connectivity index (χ2v) is 4.94. The standard InChI is InChI=1S/C11H9ClN2OS/c1-6-9(14-11(16-6)10(13)15)7-3-2-4-8(12)5-7/h2-5H,1H3,(H2,13,15). The van der Waals surface area contributed by atoms with Crippen molar-refractivity contribution in [2.45, 2.75) is 6.92 Å². The summed E-state index contributed by atoms with van der Waals surface area (Å²) in [5.74, 6) is -0.499. The summed E-state index contributed by atoms with van der Waals surface area (Å²) in [4.78, 5) is 16.2. The van der Waals surface area contributed by atoms with Gasteiger partial charge in [0.2, 0.25) is 0 Å². The van der Waals surface area contributed by atoms with Gasteiger partial charge in [0, 0.05) is 15.5 Å². The van der Waals surface area contributed by atoms with Crippen LogP contribution >= 0.6 is 22.9 Å². The second-order valence-electron chi connectivity index (χ2n) is 3.30. The van der Waals surface area contributed by atoms with Crippen molar-refractivity contribution in [1.29, 1.82) is 0 Å². The molecule has 1 amide bonds. The number of benzene rings is 1. The van der Waals surface area contributed by atoms with Crippen LogP contribution in [0.25, 0.3) is 11.3 Å². The molecular weight excluding hydrogens is 244 g/mol. The molecule has 0 atom stereocenters. The number of nitrogens with zero attached hydrogens (tertiary/aromatic N) is 1. The molecule has 2 N–H and O–H groups in total. The van der Waals surface area contributed by atoms with Crippen LogP contribution in [0.5, 0.6) is 0 Å². The minimum absolute atomic E-state index is 0.326. The van der Waals surface area contributed by atoms with Crippen molar-refractivity contribution in [3.8, 4) is 11.3 Å². The molecular formula is C11H9ClN2OS. The molecule has 3 nitrogen and oxygen atoms in total. The van der Waals surface area contributed by atoms with Gasteiger partial charge < -0.3 is 5.73 Å². The number of rotatable bonds is 2. The minimum atomic E-state index is -0.499. The molecule has 2 rings (SSSR count). The third kappa shape index (κ3) is 2.08. The Morgan fingerprint density at radius 2 is 2.25 bits per heavy atom. The lowest BCUT2D eigenvalue weighted by atomic mass is 10.1. The smallest absolute Gasteiger partial charge is 0.277 e. The third-order valence-corrected chi connectivity index (χ3v) is 3.33. The molecule has 0 spiro atoms. The van der Waals surface area contributed by atoms with E-state index in [-0.39, 0.29) is 0 Å². The Balaban J connectivity index is 2.52. The predicted octanol–water partition coefficient (Wildman–Crippen LogP) is 2.87. The molecule has 82 valence electrons. The zero-order chi connectivity index (χ0) is 11.7. The Bertz CT molecular complexity index is 551. The van der Waals surface area contributed by atoms with Crippen LogP contribution in [0.3, 0.4) is 0 Å². The zero-order valence-electron chi connectivity index (χ0n) is 8.53. The lowest BCUT2D eigenvalue weighted by Gasteiger charge is -1.98. The average Bonchev–Trinajstić information content (AvgIpc) is 2.60. The maximum atomic E-state index is 11.0. The Morgan fingerprint density at radius 3 is 2.81 bits per heavy atom. The van der Waals surface area contributed by atoms with Crippen molar-refractivity contribution in [2.75, 3.05) is 0 Å². The van der Waals surface area contributed by atoms with E-state index in [9.17, 15) is 4.79 Å².